The van der Waals surface area contributed by atoms with E-state index in [1.165, 1.54) is 0 Å². The molecule has 26 heavy (non-hydrogen) atoms. The number of aromatic nitrogens is 2. The Bertz CT molecular complexity index is 740. The molecule has 1 saturated heterocycles. The van der Waals surface area contributed by atoms with Crippen molar-refractivity contribution >= 4 is 17.6 Å². The van der Waals surface area contributed by atoms with Gasteiger partial charge < -0.3 is 15.1 Å². The average molecular weight is 353 g/mol. The molecule has 7 nitrogen and oxygen atoms in total. The predicted octanol–water partition coefficient (Wildman–Crippen LogP) is 1.25. The molecule has 3 heterocycles. The molecule has 0 radical (unpaired) electrons. The minimum Gasteiger partial charge on any atom is -0.353 e. The quantitative estimate of drug-likeness (QED) is 0.875. The van der Waals surface area contributed by atoms with Gasteiger partial charge >= 0.3 is 0 Å². The maximum Gasteiger partial charge on any atom is 0.252 e. The van der Waals surface area contributed by atoms with Crippen molar-refractivity contribution in [1.29, 1.82) is 0 Å². The van der Waals surface area contributed by atoms with Crippen LogP contribution in [0.15, 0.2) is 42.7 Å². The summed E-state index contributed by atoms with van der Waals surface area (Å²) < 4.78 is 0. The van der Waals surface area contributed by atoms with Gasteiger partial charge in [-0.2, -0.15) is 0 Å². The molecular formula is C19H23N5O2. The van der Waals surface area contributed by atoms with Crippen molar-refractivity contribution < 1.29 is 9.59 Å². The van der Waals surface area contributed by atoms with Crippen LogP contribution < -0.4 is 10.2 Å². The second-order valence-corrected chi connectivity index (χ2v) is 6.25. The molecule has 0 atom stereocenters. The van der Waals surface area contributed by atoms with Gasteiger partial charge in [-0.25, -0.2) is 4.98 Å². The predicted molar refractivity (Wildman–Crippen MR) is 99.0 cm³/mol. The molecule has 1 fully saturated rings. The summed E-state index contributed by atoms with van der Waals surface area (Å²) >= 11 is 0. The highest BCUT2D eigenvalue weighted by Gasteiger charge is 2.21. The molecule has 1 aliphatic rings. The Labute approximate surface area is 153 Å². The highest BCUT2D eigenvalue weighted by molar-refractivity contribution is 5.94. The van der Waals surface area contributed by atoms with Gasteiger partial charge in [0.1, 0.15) is 5.82 Å². The molecule has 0 unspecified atom stereocenters. The van der Waals surface area contributed by atoms with E-state index >= 15 is 0 Å². The van der Waals surface area contributed by atoms with Gasteiger partial charge in [-0.3, -0.25) is 14.6 Å². The van der Waals surface area contributed by atoms with Crippen molar-refractivity contribution in [2.24, 2.45) is 0 Å². The Morgan fingerprint density at radius 1 is 1.08 bits per heavy atom. The summed E-state index contributed by atoms with van der Waals surface area (Å²) in [6.07, 6.45) is 3.62. The van der Waals surface area contributed by atoms with Crippen LogP contribution in [0.3, 0.4) is 0 Å². The maximum atomic E-state index is 12.3. The minimum atomic E-state index is -0.203. The van der Waals surface area contributed by atoms with E-state index < -0.39 is 0 Å². The number of pyridine rings is 2. The number of hydrogen-bond acceptors (Lipinski definition) is 5. The summed E-state index contributed by atoms with van der Waals surface area (Å²) in [5.74, 6) is 0.803. The second kappa shape index (κ2) is 8.42. The van der Waals surface area contributed by atoms with E-state index in [4.69, 9.17) is 0 Å². The maximum absolute atomic E-state index is 12.3. The monoisotopic (exact) mass is 353 g/mol. The van der Waals surface area contributed by atoms with E-state index in [-0.39, 0.29) is 11.8 Å². The van der Waals surface area contributed by atoms with Crippen LogP contribution >= 0.6 is 0 Å². The Hall–Kier alpha value is -2.96. The van der Waals surface area contributed by atoms with Crippen molar-refractivity contribution in [1.82, 2.24) is 20.2 Å². The van der Waals surface area contributed by atoms with Crippen molar-refractivity contribution in [3.63, 3.8) is 0 Å². The summed E-state index contributed by atoms with van der Waals surface area (Å²) in [4.78, 5) is 36.8. The van der Waals surface area contributed by atoms with Crippen LogP contribution in [0.1, 0.15) is 22.5 Å². The van der Waals surface area contributed by atoms with Crippen LogP contribution in [-0.2, 0) is 4.79 Å². The largest absolute Gasteiger partial charge is 0.353 e. The van der Waals surface area contributed by atoms with Gasteiger partial charge in [0.2, 0.25) is 5.91 Å². The fourth-order valence-corrected chi connectivity index (χ4v) is 2.87. The van der Waals surface area contributed by atoms with Gasteiger partial charge in [0.15, 0.2) is 0 Å². The highest BCUT2D eigenvalue weighted by Crippen LogP contribution is 2.12. The number of rotatable bonds is 5. The Morgan fingerprint density at radius 3 is 2.54 bits per heavy atom. The number of carbonyl (C=O) groups excluding carboxylic acids is 2. The first kappa shape index (κ1) is 17.8. The van der Waals surface area contributed by atoms with Crippen molar-refractivity contribution in [2.75, 3.05) is 37.6 Å². The zero-order valence-corrected chi connectivity index (χ0v) is 14.9. The van der Waals surface area contributed by atoms with Crippen molar-refractivity contribution in [3.05, 3.63) is 54.0 Å². The third kappa shape index (κ3) is 4.56. The van der Waals surface area contributed by atoms with Gasteiger partial charge in [0.05, 0.1) is 5.56 Å². The Kier molecular flexibility index (Phi) is 5.78. The van der Waals surface area contributed by atoms with E-state index in [0.717, 1.165) is 24.6 Å². The lowest BCUT2D eigenvalue weighted by molar-refractivity contribution is -0.131. The molecule has 7 heteroatoms. The SMILES string of the molecule is Cc1ccc(C(=O)NCCC(=O)N2CCN(c3ccccn3)CC2)cn1. The second-order valence-electron chi connectivity index (χ2n) is 6.25. The Morgan fingerprint density at radius 2 is 1.88 bits per heavy atom. The van der Waals surface area contributed by atoms with E-state index in [1.54, 1.807) is 24.5 Å². The van der Waals surface area contributed by atoms with Crippen molar-refractivity contribution in [2.45, 2.75) is 13.3 Å². The smallest absolute Gasteiger partial charge is 0.252 e. The molecule has 136 valence electrons. The van der Waals surface area contributed by atoms with Gasteiger partial charge in [0, 0.05) is 57.2 Å². The van der Waals surface area contributed by atoms with E-state index in [1.807, 2.05) is 30.0 Å². The number of hydrogen-bond donors (Lipinski definition) is 1. The Balaban J connectivity index is 1.40. The molecular weight excluding hydrogens is 330 g/mol. The van der Waals surface area contributed by atoms with Gasteiger partial charge in [-0.15, -0.1) is 0 Å². The molecule has 0 aliphatic carbocycles. The zero-order valence-electron chi connectivity index (χ0n) is 14.9. The summed E-state index contributed by atoms with van der Waals surface area (Å²) in [7, 11) is 0. The zero-order chi connectivity index (χ0) is 18.4. The van der Waals surface area contributed by atoms with Crippen LogP contribution in [0, 0.1) is 6.92 Å². The van der Waals surface area contributed by atoms with E-state index in [0.29, 0.717) is 31.6 Å². The number of anilines is 1. The number of aryl methyl sites for hydroxylation is 1. The van der Waals surface area contributed by atoms with Crippen LogP contribution in [0.2, 0.25) is 0 Å². The minimum absolute atomic E-state index is 0.0630. The summed E-state index contributed by atoms with van der Waals surface area (Å²) in [5.41, 5.74) is 1.37. The summed E-state index contributed by atoms with van der Waals surface area (Å²) in [6.45, 7) is 5.07. The molecule has 0 spiro atoms. The fraction of sp³-hybridized carbons (Fsp3) is 0.368. The number of amides is 2. The van der Waals surface area contributed by atoms with Gasteiger partial charge in [-0.05, 0) is 31.2 Å². The lowest BCUT2D eigenvalue weighted by Gasteiger charge is -2.35. The first-order chi connectivity index (χ1) is 12.6. The third-order valence-corrected chi connectivity index (χ3v) is 4.40. The molecule has 0 aromatic carbocycles. The number of piperazine rings is 1. The van der Waals surface area contributed by atoms with E-state index in [9.17, 15) is 9.59 Å². The lowest BCUT2D eigenvalue weighted by Crippen LogP contribution is -2.49. The topological polar surface area (TPSA) is 78.4 Å². The number of nitrogens with one attached hydrogen (secondary N) is 1. The standard InChI is InChI=1S/C19H23N5O2/c1-15-5-6-16(14-22-15)19(26)21-9-7-18(25)24-12-10-23(11-13-24)17-4-2-3-8-20-17/h2-6,8,14H,7,9-13H2,1H3,(H,21,26). The normalized spacial score (nSPS) is 14.2. The molecule has 3 rings (SSSR count). The third-order valence-electron chi connectivity index (χ3n) is 4.40. The van der Waals surface area contributed by atoms with Crippen molar-refractivity contribution in [3.8, 4) is 0 Å². The van der Waals surface area contributed by atoms with Crippen LogP contribution in [-0.4, -0.2) is 59.4 Å². The van der Waals surface area contributed by atoms with Gasteiger partial charge in [0.25, 0.3) is 5.91 Å². The molecule has 2 aromatic heterocycles. The van der Waals surface area contributed by atoms with E-state index in [2.05, 4.69) is 20.2 Å². The highest BCUT2D eigenvalue weighted by atomic mass is 16.2. The van der Waals surface area contributed by atoms with Crippen LogP contribution in [0.5, 0.6) is 0 Å². The fourth-order valence-electron chi connectivity index (χ4n) is 2.87. The number of carbonyl (C=O) groups is 2. The van der Waals surface area contributed by atoms with Crippen LogP contribution in [0.25, 0.3) is 0 Å². The molecule has 2 amide bonds. The van der Waals surface area contributed by atoms with Crippen LogP contribution in [0.4, 0.5) is 5.82 Å². The molecule has 0 bridgehead atoms. The molecule has 1 aliphatic heterocycles. The molecule has 0 saturated carbocycles. The molecule has 1 N–H and O–H groups in total. The summed E-state index contributed by atoms with van der Waals surface area (Å²) in [5, 5.41) is 2.78. The summed E-state index contributed by atoms with van der Waals surface area (Å²) in [6, 6.07) is 9.36. The first-order valence-corrected chi connectivity index (χ1v) is 8.78. The molecule has 2 aromatic rings. The first-order valence-electron chi connectivity index (χ1n) is 8.78. The number of nitrogens with zero attached hydrogens (tertiary/aromatic N) is 4. The average Bonchev–Trinajstić information content (AvgIpc) is 2.69. The van der Waals surface area contributed by atoms with Gasteiger partial charge in [-0.1, -0.05) is 6.07 Å². The lowest BCUT2D eigenvalue weighted by atomic mass is 10.2.